The topological polar surface area (TPSA) is 65.7 Å². The van der Waals surface area contributed by atoms with Crippen LogP contribution in [0.1, 0.15) is 5.56 Å². The van der Waals surface area contributed by atoms with Crippen molar-refractivity contribution < 1.29 is 17.9 Å². The van der Waals surface area contributed by atoms with Crippen LogP contribution in [0.2, 0.25) is 0 Å². The van der Waals surface area contributed by atoms with Crippen LogP contribution in [0.5, 0.6) is 5.88 Å². The minimum atomic E-state index is -4.46. The van der Waals surface area contributed by atoms with Gasteiger partial charge in [0.05, 0.1) is 23.7 Å². The number of imidazole rings is 1. The van der Waals surface area contributed by atoms with Gasteiger partial charge in [0.25, 0.3) is 0 Å². The van der Waals surface area contributed by atoms with Gasteiger partial charge in [-0.05, 0) is 42.7 Å². The van der Waals surface area contributed by atoms with Crippen molar-refractivity contribution in [1.82, 2.24) is 24.7 Å². The number of rotatable bonds is 4. The van der Waals surface area contributed by atoms with E-state index < -0.39 is 11.7 Å². The molecule has 0 spiro atoms. The lowest BCUT2D eigenvalue weighted by Crippen LogP contribution is -2.05. The summed E-state index contributed by atoms with van der Waals surface area (Å²) in [5.41, 5.74) is 0.379. The molecule has 0 radical (unpaired) electrons. The molecule has 0 bridgehead atoms. The summed E-state index contributed by atoms with van der Waals surface area (Å²) >= 11 is 1.54. The van der Waals surface area contributed by atoms with Crippen molar-refractivity contribution in [3.8, 4) is 23.2 Å². The number of halogens is 3. The number of methoxy groups -OCH3 is 1. The standard InChI is InChI=1S/C19H14F3N5OS/c1-28-17-8-7-16(25-26-17)27-15-6-3-11(19(20,21)22)9-14(15)24-18(27)13-5-4-12(29-2)10-23-13/h3-10H,1-2H3. The number of nitrogens with zero attached hydrogens (tertiary/aromatic N) is 5. The number of aromatic nitrogens is 5. The highest BCUT2D eigenvalue weighted by Crippen LogP contribution is 2.34. The summed E-state index contributed by atoms with van der Waals surface area (Å²) in [5.74, 6) is 1.08. The number of hydrogen-bond acceptors (Lipinski definition) is 6. The van der Waals surface area contributed by atoms with Crippen molar-refractivity contribution in [2.75, 3.05) is 13.4 Å². The van der Waals surface area contributed by atoms with Gasteiger partial charge >= 0.3 is 6.18 Å². The highest BCUT2D eigenvalue weighted by Gasteiger charge is 2.31. The highest BCUT2D eigenvalue weighted by atomic mass is 32.2. The number of fused-ring (bicyclic) bond motifs is 1. The summed E-state index contributed by atoms with van der Waals surface area (Å²) < 4.78 is 46.1. The van der Waals surface area contributed by atoms with Crippen molar-refractivity contribution in [3.05, 3.63) is 54.2 Å². The Bertz CT molecular complexity index is 1160. The first-order valence-corrected chi connectivity index (χ1v) is 9.61. The maximum absolute atomic E-state index is 13.2. The number of pyridine rings is 1. The fourth-order valence-electron chi connectivity index (χ4n) is 2.83. The zero-order chi connectivity index (χ0) is 20.6. The Morgan fingerprint density at radius 1 is 1.03 bits per heavy atom. The third-order valence-electron chi connectivity index (χ3n) is 4.25. The predicted octanol–water partition coefficient (Wildman–Crippen LogP) is 4.63. The maximum atomic E-state index is 13.2. The summed E-state index contributed by atoms with van der Waals surface area (Å²) in [7, 11) is 1.47. The van der Waals surface area contributed by atoms with Crippen LogP contribution in [0.15, 0.2) is 53.6 Å². The van der Waals surface area contributed by atoms with Gasteiger partial charge in [0.1, 0.15) is 5.69 Å². The normalized spacial score (nSPS) is 11.8. The molecule has 6 nitrogen and oxygen atoms in total. The first-order chi connectivity index (χ1) is 13.9. The molecular weight excluding hydrogens is 403 g/mol. The van der Waals surface area contributed by atoms with E-state index in [9.17, 15) is 13.2 Å². The molecule has 3 heterocycles. The number of benzene rings is 1. The summed E-state index contributed by atoms with van der Waals surface area (Å²) in [4.78, 5) is 9.79. The van der Waals surface area contributed by atoms with Crippen LogP contribution in [0.4, 0.5) is 13.2 Å². The van der Waals surface area contributed by atoms with Gasteiger partial charge < -0.3 is 4.74 Å². The molecule has 1 aromatic carbocycles. The van der Waals surface area contributed by atoms with Gasteiger partial charge in [-0.25, -0.2) is 4.98 Å². The number of hydrogen-bond donors (Lipinski definition) is 0. The van der Waals surface area contributed by atoms with Crippen molar-refractivity contribution in [2.45, 2.75) is 11.1 Å². The lowest BCUT2D eigenvalue weighted by Gasteiger charge is -2.09. The number of thioether (sulfide) groups is 1. The SMILES string of the molecule is COc1ccc(-n2c(-c3ccc(SC)cn3)nc3cc(C(F)(F)F)ccc32)nn1. The van der Waals surface area contributed by atoms with E-state index in [4.69, 9.17) is 4.74 Å². The first kappa shape index (κ1) is 19.2. The van der Waals surface area contributed by atoms with Gasteiger partial charge in [-0.1, -0.05) is 0 Å². The van der Waals surface area contributed by atoms with Gasteiger partial charge in [-0.2, -0.15) is 13.2 Å². The summed E-state index contributed by atoms with van der Waals surface area (Å²) in [6.45, 7) is 0. The minimum absolute atomic E-state index is 0.184. The minimum Gasteiger partial charge on any atom is -0.480 e. The second kappa shape index (κ2) is 7.36. The number of alkyl halides is 3. The smallest absolute Gasteiger partial charge is 0.416 e. The molecule has 0 atom stereocenters. The molecule has 4 aromatic rings. The average Bonchev–Trinajstić information content (AvgIpc) is 3.12. The van der Waals surface area contributed by atoms with Crippen LogP contribution >= 0.6 is 11.8 Å². The molecule has 0 unspecified atom stereocenters. The van der Waals surface area contributed by atoms with E-state index in [0.717, 1.165) is 17.0 Å². The van der Waals surface area contributed by atoms with Crippen molar-refractivity contribution >= 4 is 22.8 Å². The molecule has 0 aliphatic carbocycles. The Balaban J connectivity index is 1.95. The van der Waals surface area contributed by atoms with E-state index in [1.54, 1.807) is 29.0 Å². The van der Waals surface area contributed by atoms with E-state index in [1.807, 2.05) is 12.3 Å². The molecule has 0 saturated carbocycles. The maximum Gasteiger partial charge on any atom is 0.416 e. The van der Waals surface area contributed by atoms with Crippen LogP contribution in [0.25, 0.3) is 28.4 Å². The van der Waals surface area contributed by atoms with E-state index in [2.05, 4.69) is 20.2 Å². The van der Waals surface area contributed by atoms with Gasteiger partial charge in [0.15, 0.2) is 11.6 Å². The Morgan fingerprint density at radius 3 is 2.45 bits per heavy atom. The zero-order valence-electron chi connectivity index (χ0n) is 15.3. The second-order valence-electron chi connectivity index (χ2n) is 5.99. The lowest BCUT2D eigenvalue weighted by atomic mass is 10.2. The molecule has 0 amide bonds. The van der Waals surface area contributed by atoms with Crippen molar-refractivity contribution in [3.63, 3.8) is 0 Å². The molecule has 0 fully saturated rings. The first-order valence-electron chi connectivity index (χ1n) is 8.39. The van der Waals surface area contributed by atoms with E-state index in [0.29, 0.717) is 28.7 Å². The third-order valence-corrected chi connectivity index (χ3v) is 4.96. The molecule has 0 aliphatic rings. The molecule has 10 heteroatoms. The molecule has 0 aliphatic heterocycles. The van der Waals surface area contributed by atoms with Crippen molar-refractivity contribution in [1.29, 1.82) is 0 Å². The largest absolute Gasteiger partial charge is 0.480 e. The van der Waals surface area contributed by atoms with Crippen molar-refractivity contribution in [2.24, 2.45) is 0 Å². The lowest BCUT2D eigenvalue weighted by molar-refractivity contribution is -0.137. The van der Waals surface area contributed by atoms with Crippen LogP contribution in [-0.2, 0) is 6.18 Å². The van der Waals surface area contributed by atoms with Crippen LogP contribution in [-0.4, -0.2) is 38.1 Å². The van der Waals surface area contributed by atoms with Gasteiger partial charge in [-0.3, -0.25) is 9.55 Å². The molecule has 0 saturated heterocycles. The fourth-order valence-corrected chi connectivity index (χ4v) is 3.20. The quantitative estimate of drug-likeness (QED) is 0.451. The van der Waals surface area contributed by atoms with Crippen LogP contribution in [0.3, 0.4) is 0 Å². The molecule has 29 heavy (non-hydrogen) atoms. The predicted molar refractivity (Wildman–Crippen MR) is 103 cm³/mol. The Morgan fingerprint density at radius 2 is 1.86 bits per heavy atom. The zero-order valence-corrected chi connectivity index (χ0v) is 16.1. The van der Waals surface area contributed by atoms with E-state index in [-0.39, 0.29) is 5.52 Å². The molecule has 3 aromatic heterocycles. The average molecular weight is 417 g/mol. The summed E-state index contributed by atoms with van der Waals surface area (Å²) in [6.07, 6.45) is -0.849. The Labute approximate surface area is 167 Å². The Kier molecular flexibility index (Phi) is 4.87. The van der Waals surface area contributed by atoms with Crippen LogP contribution in [0, 0.1) is 0 Å². The highest BCUT2D eigenvalue weighted by molar-refractivity contribution is 7.98. The van der Waals surface area contributed by atoms with Gasteiger partial charge in [0.2, 0.25) is 5.88 Å². The van der Waals surface area contributed by atoms with E-state index in [1.165, 1.54) is 24.9 Å². The molecule has 4 rings (SSSR count). The molecule has 148 valence electrons. The fraction of sp³-hybridized carbons (Fsp3) is 0.158. The summed E-state index contributed by atoms with van der Waals surface area (Å²) in [5, 5.41) is 8.08. The number of ether oxygens (including phenoxy) is 1. The summed E-state index contributed by atoms with van der Waals surface area (Å²) in [6, 6.07) is 10.3. The van der Waals surface area contributed by atoms with Gasteiger partial charge in [-0.15, -0.1) is 22.0 Å². The second-order valence-corrected chi connectivity index (χ2v) is 6.87. The molecular formula is C19H14F3N5OS. The van der Waals surface area contributed by atoms with E-state index >= 15 is 0 Å². The molecule has 0 N–H and O–H groups in total. The van der Waals surface area contributed by atoms with Crippen LogP contribution < -0.4 is 4.74 Å². The monoisotopic (exact) mass is 417 g/mol. The Hall–Kier alpha value is -3.14. The third kappa shape index (κ3) is 3.63. The van der Waals surface area contributed by atoms with Gasteiger partial charge in [0, 0.05) is 17.2 Å².